The van der Waals surface area contributed by atoms with E-state index in [9.17, 15) is 4.79 Å². The van der Waals surface area contributed by atoms with Gasteiger partial charge in [0.15, 0.2) is 5.82 Å². The first-order valence-electron chi connectivity index (χ1n) is 9.72. The Balaban J connectivity index is 1.45. The summed E-state index contributed by atoms with van der Waals surface area (Å²) < 4.78 is 1.84. The minimum atomic E-state index is -0.271. The van der Waals surface area contributed by atoms with Crippen LogP contribution < -0.4 is 10.2 Å². The van der Waals surface area contributed by atoms with E-state index in [1.165, 1.54) is 0 Å². The first kappa shape index (κ1) is 19.5. The number of likely N-dealkylation sites (N-methyl/N-ethyl adjacent to an activating group) is 1. The Morgan fingerprint density at radius 1 is 1.27 bits per heavy atom. The summed E-state index contributed by atoms with van der Waals surface area (Å²) in [4.78, 5) is 27.2. The standard InChI is InChI=1S/C21H22N8O/c1-13-19-20(28(3)14(2)21(30)27-19)26-18(25-13)5-4-16-10-24-29(12-16)11-15-6-7-23-17(8-15)9-22/h6-8,10,12,14H,4-5,11H2,1-3H3,(H,27,30)/t14-/m0/s1. The van der Waals surface area contributed by atoms with E-state index < -0.39 is 0 Å². The van der Waals surface area contributed by atoms with Gasteiger partial charge in [0.25, 0.3) is 0 Å². The molecule has 0 spiro atoms. The van der Waals surface area contributed by atoms with Crippen molar-refractivity contribution in [1.29, 1.82) is 5.26 Å². The highest BCUT2D eigenvalue weighted by atomic mass is 16.2. The van der Waals surface area contributed by atoms with Crippen LogP contribution in [0.4, 0.5) is 11.5 Å². The molecule has 0 aromatic carbocycles. The fourth-order valence-corrected chi connectivity index (χ4v) is 3.41. The number of pyridine rings is 1. The molecule has 4 rings (SSSR count). The highest BCUT2D eigenvalue weighted by Gasteiger charge is 2.30. The third-order valence-corrected chi connectivity index (χ3v) is 5.27. The summed E-state index contributed by atoms with van der Waals surface area (Å²) >= 11 is 0. The largest absolute Gasteiger partial charge is 0.346 e. The molecule has 0 saturated heterocycles. The van der Waals surface area contributed by atoms with Gasteiger partial charge in [0.1, 0.15) is 29.3 Å². The van der Waals surface area contributed by atoms with Crippen molar-refractivity contribution >= 4 is 17.4 Å². The number of hydrogen-bond donors (Lipinski definition) is 1. The van der Waals surface area contributed by atoms with Gasteiger partial charge in [0.2, 0.25) is 5.91 Å². The zero-order chi connectivity index (χ0) is 21.3. The van der Waals surface area contributed by atoms with Crippen molar-refractivity contribution in [3.63, 3.8) is 0 Å². The molecule has 3 aromatic heterocycles. The lowest BCUT2D eigenvalue weighted by molar-refractivity contribution is -0.117. The topological polar surface area (TPSA) is 113 Å². The minimum Gasteiger partial charge on any atom is -0.346 e. The number of carbonyl (C=O) groups excluding carboxylic acids is 1. The molecule has 3 aromatic rings. The van der Waals surface area contributed by atoms with Gasteiger partial charge in [0.05, 0.1) is 18.4 Å². The van der Waals surface area contributed by atoms with Gasteiger partial charge in [-0.15, -0.1) is 0 Å². The number of rotatable bonds is 5. The van der Waals surface area contributed by atoms with Gasteiger partial charge in [-0.1, -0.05) is 0 Å². The van der Waals surface area contributed by atoms with Crippen LogP contribution in [0, 0.1) is 18.3 Å². The molecular formula is C21H22N8O. The Morgan fingerprint density at radius 2 is 2.10 bits per heavy atom. The lowest BCUT2D eigenvalue weighted by Gasteiger charge is -2.32. The van der Waals surface area contributed by atoms with Crippen molar-refractivity contribution in [2.75, 3.05) is 17.3 Å². The van der Waals surface area contributed by atoms with E-state index in [1.807, 2.05) is 55.0 Å². The average Bonchev–Trinajstić information content (AvgIpc) is 3.19. The molecule has 9 heteroatoms. The Kier molecular flexibility index (Phi) is 5.14. The predicted molar refractivity (Wildman–Crippen MR) is 111 cm³/mol. The van der Waals surface area contributed by atoms with Gasteiger partial charge in [-0.3, -0.25) is 9.48 Å². The third-order valence-electron chi connectivity index (χ3n) is 5.27. The average molecular weight is 402 g/mol. The number of aryl methyl sites for hydroxylation is 3. The maximum atomic E-state index is 12.0. The molecule has 1 aliphatic rings. The highest BCUT2D eigenvalue weighted by molar-refractivity contribution is 6.02. The molecule has 0 bridgehead atoms. The normalized spacial score (nSPS) is 15.5. The Labute approximate surface area is 174 Å². The minimum absolute atomic E-state index is 0.0482. The van der Waals surface area contributed by atoms with Crippen LogP contribution >= 0.6 is 0 Å². The lowest BCUT2D eigenvalue weighted by atomic mass is 10.1. The molecule has 0 radical (unpaired) electrons. The number of aromatic nitrogens is 5. The molecule has 9 nitrogen and oxygen atoms in total. The van der Waals surface area contributed by atoms with Crippen LogP contribution in [0.1, 0.15) is 35.3 Å². The second-order valence-electron chi connectivity index (χ2n) is 7.41. The SMILES string of the molecule is Cc1nc(CCc2cnn(Cc3ccnc(C#N)c3)c2)nc2c1NC(=O)[C@H](C)N2C. The van der Waals surface area contributed by atoms with E-state index >= 15 is 0 Å². The Hall–Kier alpha value is -3.80. The van der Waals surface area contributed by atoms with Crippen LogP contribution in [0.5, 0.6) is 0 Å². The first-order valence-corrected chi connectivity index (χ1v) is 9.72. The maximum Gasteiger partial charge on any atom is 0.246 e. The van der Waals surface area contributed by atoms with Crippen LogP contribution in [0.15, 0.2) is 30.7 Å². The number of amides is 1. The number of hydrogen-bond acceptors (Lipinski definition) is 7. The van der Waals surface area contributed by atoms with Crippen LogP contribution in [0.3, 0.4) is 0 Å². The van der Waals surface area contributed by atoms with Crippen LogP contribution in [-0.4, -0.2) is 43.7 Å². The number of anilines is 2. The second-order valence-corrected chi connectivity index (χ2v) is 7.41. The van der Waals surface area contributed by atoms with Crippen molar-refractivity contribution in [2.24, 2.45) is 0 Å². The fourth-order valence-electron chi connectivity index (χ4n) is 3.41. The maximum absolute atomic E-state index is 12.0. The van der Waals surface area contributed by atoms with Crippen molar-refractivity contribution in [3.8, 4) is 6.07 Å². The molecule has 1 aliphatic heterocycles. The second kappa shape index (κ2) is 7.91. The Morgan fingerprint density at radius 3 is 2.90 bits per heavy atom. The molecule has 152 valence electrons. The molecule has 0 unspecified atom stereocenters. The Bertz CT molecular complexity index is 1150. The first-order chi connectivity index (χ1) is 14.4. The van der Waals surface area contributed by atoms with Gasteiger partial charge >= 0.3 is 0 Å². The third kappa shape index (κ3) is 3.85. The zero-order valence-corrected chi connectivity index (χ0v) is 17.1. The summed E-state index contributed by atoms with van der Waals surface area (Å²) in [6, 6.07) is 5.42. The van der Waals surface area contributed by atoms with E-state index in [4.69, 9.17) is 5.26 Å². The van der Waals surface area contributed by atoms with E-state index in [0.29, 0.717) is 24.3 Å². The van der Waals surface area contributed by atoms with Crippen molar-refractivity contribution in [1.82, 2.24) is 24.7 Å². The molecule has 4 heterocycles. The summed E-state index contributed by atoms with van der Waals surface area (Å²) in [5.41, 5.74) is 3.91. The van der Waals surface area contributed by atoms with Crippen LogP contribution in [-0.2, 0) is 24.2 Å². The summed E-state index contributed by atoms with van der Waals surface area (Å²) in [5.74, 6) is 1.45. The van der Waals surface area contributed by atoms with Gasteiger partial charge in [-0.25, -0.2) is 15.0 Å². The zero-order valence-electron chi connectivity index (χ0n) is 17.1. The summed E-state index contributed by atoms with van der Waals surface area (Å²) in [5, 5.41) is 16.3. The smallest absolute Gasteiger partial charge is 0.246 e. The molecule has 1 amide bonds. The molecule has 0 saturated carbocycles. The van der Waals surface area contributed by atoms with Gasteiger partial charge in [-0.2, -0.15) is 10.4 Å². The van der Waals surface area contributed by atoms with Gasteiger partial charge in [-0.05, 0) is 43.5 Å². The highest BCUT2D eigenvalue weighted by Crippen LogP contribution is 2.31. The number of nitriles is 1. The number of nitrogens with one attached hydrogen (secondary N) is 1. The van der Waals surface area contributed by atoms with Crippen LogP contribution in [0.25, 0.3) is 0 Å². The summed E-state index contributed by atoms with van der Waals surface area (Å²) in [6.07, 6.45) is 6.89. The van der Waals surface area contributed by atoms with Crippen molar-refractivity contribution in [3.05, 3.63) is 59.1 Å². The van der Waals surface area contributed by atoms with Crippen LogP contribution in [0.2, 0.25) is 0 Å². The molecule has 0 fully saturated rings. The molecular weight excluding hydrogens is 380 g/mol. The van der Waals surface area contributed by atoms with Crippen molar-refractivity contribution in [2.45, 2.75) is 39.3 Å². The molecule has 30 heavy (non-hydrogen) atoms. The number of nitrogens with zero attached hydrogens (tertiary/aromatic N) is 7. The predicted octanol–water partition coefficient (Wildman–Crippen LogP) is 1.86. The van der Waals surface area contributed by atoms with Gasteiger partial charge < -0.3 is 10.2 Å². The van der Waals surface area contributed by atoms with E-state index in [1.54, 1.807) is 12.3 Å². The van der Waals surface area contributed by atoms with E-state index in [2.05, 4.69) is 25.4 Å². The van der Waals surface area contributed by atoms with Crippen molar-refractivity contribution < 1.29 is 4.79 Å². The number of fused-ring (bicyclic) bond motifs is 1. The fraction of sp³-hybridized carbons (Fsp3) is 0.333. The van der Waals surface area contributed by atoms with E-state index in [-0.39, 0.29) is 11.9 Å². The molecule has 0 aliphatic carbocycles. The lowest BCUT2D eigenvalue weighted by Crippen LogP contribution is -2.45. The number of carbonyl (C=O) groups is 1. The van der Waals surface area contributed by atoms with Gasteiger partial charge in [0, 0.05) is 25.9 Å². The molecule has 1 N–H and O–H groups in total. The van der Waals surface area contributed by atoms with E-state index in [0.717, 1.165) is 34.9 Å². The summed E-state index contributed by atoms with van der Waals surface area (Å²) in [6.45, 7) is 4.32. The molecule has 1 atom stereocenters. The monoisotopic (exact) mass is 402 g/mol. The summed E-state index contributed by atoms with van der Waals surface area (Å²) in [7, 11) is 1.87. The quantitative estimate of drug-likeness (QED) is 0.693.